The molecule has 0 rings (SSSR count). The molecule has 0 aromatic carbocycles. The molecule has 86 valence electrons. The molecule has 0 unspecified atom stereocenters. The Bertz CT molecular complexity index is 217. The Labute approximate surface area is 95.0 Å². The van der Waals surface area contributed by atoms with Gasteiger partial charge in [0.1, 0.15) is 0 Å². The van der Waals surface area contributed by atoms with Crippen LogP contribution in [-0.4, -0.2) is 6.21 Å². The van der Waals surface area contributed by atoms with E-state index in [9.17, 15) is 0 Å². The molecule has 0 aliphatic carbocycles. The van der Waals surface area contributed by atoms with Crippen LogP contribution in [0.3, 0.4) is 0 Å². The minimum atomic E-state index is 0.645. The smallest absolute Gasteiger partial charge is 0.0391 e. The van der Waals surface area contributed by atoms with Crippen molar-refractivity contribution < 1.29 is 0 Å². The maximum atomic E-state index is 4.52. The third-order valence-electron chi connectivity index (χ3n) is 2.49. The van der Waals surface area contributed by atoms with Gasteiger partial charge in [-0.25, -0.2) is 0 Å². The first-order valence-corrected chi connectivity index (χ1v) is 6.11. The molecule has 0 aromatic rings. The van der Waals surface area contributed by atoms with Gasteiger partial charge in [0.05, 0.1) is 0 Å². The zero-order valence-electron chi connectivity index (χ0n) is 10.7. The Morgan fingerprint density at radius 3 is 2.13 bits per heavy atom. The van der Waals surface area contributed by atoms with Gasteiger partial charge >= 0.3 is 0 Å². The van der Waals surface area contributed by atoms with Crippen LogP contribution >= 0.6 is 0 Å². The van der Waals surface area contributed by atoms with Gasteiger partial charge in [-0.3, -0.25) is 4.99 Å². The van der Waals surface area contributed by atoms with Crippen LogP contribution in [0.2, 0.25) is 0 Å². The third-order valence-corrected chi connectivity index (χ3v) is 2.49. The molecule has 0 N–H and O–H groups in total. The second kappa shape index (κ2) is 9.70. The molecule has 0 aromatic heterocycles. The van der Waals surface area contributed by atoms with Crippen LogP contribution in [0.4, 0.5) is 0 Å². The molecule has 0 saturated carbocycles. The van der Waals surface area contributed by atoms with Crippen molar-refractivity contribution in [1.82, 2.24) is 0 Å². The molecule has 0 radical (unpaired) electrons. The summed E-state index contributed by atoms with van der Waals surface area (Å²) >= 11 is 0. The summed E-state index contributed by atoms with van der Waals surface area (Å²) in [5, 5.41) is 0. The molecule has 1 heteroatoms. The minimum Gasteiger partial charge on any atom is -0.261 e. The molecule has 1 nitrogen and oxygen atoms in total. The lowest BCUT2D eigenvalue weighted by atomic mass is 9.94. The summed E-state index contributed by atoms with van der Waals surface area (Å²) in [6.45, 7) is 8.58. The van der Waals surface area contributed by atoms with Crippen molar-refractivity contribution in [3.8, 4) is 0 Å². The summed E-state index contributed by atoms with van der Waals surface area (Å²) in [7, 11) is 0. The highest BCUT2D eigenvalue weighted by Crippen LogP contribution is 2.23. The first kappa shape index (κ1) is 14.2. The Morgan fingerprint density at radius 1 is 1.13 bits per heavy atom. The highest BCUT2D eigenvalue weighted by atomic mass is 14.7. The lowest BCUT2D eigenvalue weighted by Crippen LogP contribution is -2.02. The van der Waals surface area contributed by atoms with Crippen molar-refractivity contribution >= 4 is 6.21 Å². The molecule has 0 aliphatic heterocycles. The van der Waals surface area contributed by atoms with Crippen molar-refractivity contribution in [3.05, 3.63) is 23.9 Å². The van der Waals surface area contributed by atoms with Crippen molar-refractivity contribution in [2.75, 3.05) is 0 Å². The predicted octanol–water partition coefficient (Wildman–Crippen LogP) is 4.75. The van der Waals surface area contributed by atoms with Gasteiger partial charge in [0, 0.05) is 17.8 Å². The zero-order chi connectivity index (χ0) is 11.5. The van der Waals surface area contributed by atoms with Crippen LogP contribution in [0.1, 0.15) is 53.4 Å². The van der Waals surface area contributed by atoms with Gasteiger partial charge < -0.3 is 0 Å². The molecule has 0 spiro atoms. The molecule has 0 atom stereocenters. The van der Waals surface area contributed by atoms with Crippen molar-refractivity contribution in [2.24, 2.45) is 10.9 Å². The Morgan fingerprint density at radius 2 is 1.73 bits per heavy atom. The SMILES string of the molecule is C\C=C/C=N\C(=C/C)C(CCC)CCC. The summed E-state index contributed by atoms with van der Waals surface area (Å²) in [4.78, 5) is 4.52. The van der Waals surface area contributed by atoms with E-state index in [1.807, 2.05) is 25.3 Å². The Balaban J connectivity index is 4.45. The van der Waals surface area contributed by atoms with Crippen LogP contribution in [0.5, 0.6) is 0 Å². The van der Waals surface area contributed by atoms with E-state index in [1.165, 1.54) is 31.4 Å². The van der Waals surface area contributed by atoms with E-state index in [0.29, 0.717) is 5.92 Å². The summed E-state index contributed by atoms with van der Waals surface area (Å²) in [6.07, 6.45) is 13.0. The van der Waals surface area contributed by atoms with Gasteiger partial charge in [-0.15, -0.1) is 0 Å². The maximum Gasteiger partial charge on any atom is 0.0391 e. The van der Waals surface area contributed by atoms with E-state index in [4.69, 9.17) is 0 Å². The van der Waals surface area contributed by atoms with E-state index in [0.717, 1.165) is 0 Å². The highest BCUT2D eigenvalue weighted by Gasteiger charge is 2.10. The van der Waals surface area contributed by atoms with Crippen LogP contribution in [0, 0.1) is 5.92 Å². The number of hydrogen-bond donors (Lipinski definition) is 0. The first-order valence-electron chi connectivity index (χ1n) is 6.11. The quantitative estimate of drug-likeness (QED) is 0.534. The van der Waals surface area contributed by atoms with E-state index in [1.54, 1.807) is 0 Å². The number of allylic oxidation sites excluding steroid dienone is 4. The number of nitrogens with zero attached hydrogens (tertiary/aromatic N) is 1. The molecule has 0 bridgehead atoms. The van der Waals surface area contributed by atoms with E-state index < -0.39 is 0 Å². The van der Waals surface area contributed by atoms with Gasteiger partial charge in [-0.2, -0.15) is 0 Å². The summed E-state index contributed by atoms with van der Waals surface area (Å²) < 4.78 is 0. The average Bonchev–Trinajstić information content (AvgIpc) is 2.24. The topological polar surface area (TPSA) is 12.4 Å². The first-order chi connectivity index (χ1) is 7.29. The molecule has 0 amide bonds. The second-order valence-electron chi connectivity index (χ2n) is 3.79. The molecular weight excluding hydrogens is 182 g/mol. The molecular formula is C14H25N. The summed E-state index contributed by atoms with van der Waals surface area (Å²) in [5.74, 6) is 0.645. The second-order valence-corrected chi connectivity index (χ2v) is 3.79. The van der Waals surface area contributed by atoms with Gasteiger partial charge in [-0.05, 0) is 32.8 Å². The molecule has 0 fully saturated rings. The molecule has 15 heavy (non-hydrogen) atoms. The lowest BCUT2D eigenvalue weighted by Gasteiger charge is -2.15. The van der Waals surface area contributed by atoms with Crippen molar-refractivity contribution in [3.63, 3.8) is 0 Å². The fourth-order valence-electron chi connectivity index (χ4n) is 1.77. The molecule has 0 heterocycles. The fraction of sp³-hybridized carbons (Fsp3) is 0.643. The number of aliphatic imine (C=N–C) groups is 1. The van der Waals surface area contributed by atoms with Gasteiger partial charge in [0.25, 0.3) is 0 Å². The van der Waals surface area contributed by atoms with Crippen LogP contribution in [0.25, 0.3) is 0 Å². The maximum absolute atomic E-state index is 4.52. The van der Waals surface area contributed by atoms with E-state index in [-0.39, 0.29) is 0 Å². The fourth-order valence-corrected chi connectivity index (χ4v) is 1.77. The Hall–Kier alpha value is -0.850. The van der Waals surface area contributed by atoms with Gasteiger partial charge in [0.15, 0.2) is 0 Å². The van der Waals surface area contributed by atoms with Crippen LogP contribution in [0.15, 0.2) is 28.9 Å². The normalized spacial score (nSPS) is 13.5. The highest BCUT2D eigenvalue weighted by molar-refractivity contribution is 5.71. The lowest BCUT2D eigenvalue weighted by molar-refractivity contribution is 0.500. The number of rotatable bonds is 7. The zero-order valence-corrected chi connectivity index (χ0v) is 10.7. The van der Waals surface area contributed by atoms with E-state index in [2.05, 4.69) is 31.8 Å². The summed E-state index contributed by atoms with van der Waals surface area (Å²) in [5.41, 5.74) is 1.25. The standard InChI is InChI=1S/C14H25N/c1-5-9-12-15-14(8-4)13(10-6-2)11-7-3/h5,8-9,12-13H,6-7,10-11H2,1-4H3/b9-5-,14-8-,15-12-. The predicted molar refractivity (Wildman–Crippen MR) is 70.4 cm³/mol. The number of hydrogen-bond acceptors (Lipinski definition) is 1. The minimum absolute atomic E-state index is 0.645. The molecule has 0 aliphatic rings. The molecule has 0 saturated heterocycles. The van der Waals surface area contributed by atoms with Gasteiger partial charge in [0.2, 0.25) is 0 Å². The van der Waals surface area contributed by atoms with Crippen LogP contribution in [-0.2, 0) is 0 Å². The van der Waals surface area contributed by atoms with Gasteiger partial charge in [-0.1, -0.05) is 38.8 Å². The van der Waals surface area contributed by atoms with E-state index >= 15 is 0 Å². The third kappa shape index (κ3) is 6.27. The van der Waals surface area contributed by atoms with Crippen molar-refractivity contribution in [1.29, 1.82) is 0 Å². The monoisotopic (exact) mass is 207 g/mol. The Kier molecular flexibility index (Phi) is 9.15. The summed E-state index contributed by atoms with van der Waals surface area (Å²) in [6, 6.07) is 0. The largest absolute Gasteiger partial charge is 0.261 e. The average molecular weight is 207 g/mol. The van der Waals surface area contributed by atoms with Crippen molar-refractivity contribution in [2.45, 2.75) is 53.4 Å². The van der Waals surface area contributed by atoms with Crippen LogP contribution < -0.4 is 0 Å².